The van der Waals surface area contributed by atoms with Crippen LogP contribution in [0.4, 0.5) is 8.78 Å². The topological polar surface area (TPSA) is 40.5 Å². The summed E-state index contributed by atoms with van der Waals surface area (Å²) in [5.41, 5.74) is 2.72. The lowest BCUT2D eigenvalue weighted by Gasteiger charge is -2.43. The number of carbonyl (C=O) groups excluding carboxylic acids is 1. The van der Waals surface area contributed by atoms with E-state index in [-0.39, 0.29) is 24.0 Å². The highest BCUT2D eigenvalue weighted by atomic mass is 19.1. The van der Waals surface area contributed by atoms with E-state index in [0.717, 1.165) is 23.6 Å². The molecule has 32 heavy (non-hydrogen) atoms. The fourth-order valence-corrected chi connectivity index (χ4v) is 4.80. The van der Waals surface area contributed by atoms with Crippen LogP contribution < -0.4 is 0 Å². The second kappa shape index (κ2) is 9.21. The fourth-order valence-electron chi connectivity index (χ4n) is 4.80. The van der Waals surface area contributed by atoms with Crippen LogP contribution >= 0.6 is 0 Å². The smallest absolute Gasteiger partial charge is 0.223 e. The molecule has 4 rings (SSSR count). The summed E-state index contributed by atoms with van der Waals surface area (Å²) in [4.78, 5) is 15.1. The van der Waals surface area contributed by atoms with E-state index < -0.39 is 11.6 Å². The number of rotatable bonds is 6. The van der Waals surface area contributed by atoms with Gasteiger partial charge in [0, 0.05) is 36.6 Å². The first-order valence-electron chi connectivity index (χ1n) is 10.9. The summed E-state index contributed by atoms with van der Waals surface area (Å²) in [7, 11) is 0. The number of carbonyl (C=O) groups is 1. The largest absolute Gasteiger partial charge is 0.396 e. The molecule has 0 aromatic heterocycles. The molecular weight excluding hydrogens is 408 g/mol. The van der Waals surface area contributed by atoms with Gasteiger partial charge in [0.25, 0.3) is 0 Å². The molecule has 1 aliphatic heterocycles. The first-order chi connectivity index (χ1) is 15.4. The van der Waals surface area contributed by atoms with Gasteiger partial charge in [-0.3, -0.25) is 4.79 Å². The molecule has 2 atom stereocenters. The number of hydrogen-bond acceptors (Lipinski definition) is 2. The van der Waals surface area contributed by atoms with Gasteiger partial charge in [0.15, 0.2) is 0 Å². The predicted molar refractivity (Wildman–Crippen MR) is 121 cm³/mol. The molecule has 0 unspecified atom stereocenters. The molecule has 3 aromatic rings. The molecule has 0 spiro atoms. The first kappa shape index (κ1) is 22.2. The molecule has 0 saturated carbocycles. The number of halogens is 2. The van der Waals surface area contributed by atoms with Gasteiger partial charge in [-0.1, -0.05) is 54.6 Å². The molecule has 3 aromatic carbocycles. The number of hydrogen-bond donors (Lipinski definition) is 1. The van der Waals surface area contributed by atoms with Crippen molar-refractivity contribution in [2.75, 3.05) is 13.2 Å². The molecule has 0 radical (unpaired) electrons. The SMILES string of the molecule is C[C@@H](c1ccc(-c2ccc(F)cc2F)cc1)N1CC[C@](CCO)(c2ccccc2)CC1=O. The minimum atomic E-state index is -0.604. The lowest BCUT2D eigenvalue weighted by atomic mass is 9.70. The number of benzene rings is 3. The van der Waals surface area contributed by atoms with Gasteiger partial charge in [0.2, 0.25) is 5.91 Å². The molecule has 1 amide bonds. The minimum Gasteiger partial charge on any atom is -0.396 e. The summed E-state index contributed by atoms with van der Waals surface area (Å²) in [5, 5.41) is 9.67. The molecule has 0 aliphatic carbocycles. The monoisotopic (exact) mass is 435 g/mol. The van der Waals surface area contributed by atoms with Crippen molar-refractivity contribution in [3.05, 3.63) is 95.6 Å². The Hall–Kier alpha value is -3.05. The third kappa shape index (κ3) is 4.30. The van der Waals surface area contributed by atoms with Crippen LogP contribution in [0.25, 0.3) is 11.1 Å². The van der Waals surface area contributed by atoms with Crippen LogP contribution in [0.2, 0.25) is 0 Å². The van der Waals surface area contributed by atoms with Gasteiger partial charge in [-0.25, -0.2) is 8.78 Å². The van der Waals surface area contributed by atoms with E-state index in [9.17, 15) is 18.7 Å². The average Bonchev–Trinajstić information content (AvgIpc) is 2.80. The third-order valence-corrected chi connectivity index (χ3v) is 6.72. The number of aliphatic hydroxyl groups is 1. The van der Waals surface area contributed by atoms with E-state index >= 15 is 0 Å². The van der Waals surface area contributed by atoms with Crippen LogP contribution in [0.3, 0.4) is 0 Å². The Morgan fingerprint density at radius 2 is 1.75 bits per heavy atom. The Kier molecular flexibility index (Phi) is 6.38. The molecule has 3 nitrogen and oxygen atoms in total. The Morgan fingerprint density at radius 1 is 1.03 bits per heavy atom. The number of nitrogens with zero attached hydrogens (tertiary/aromatic N) is 1. The molecule has 1 fully saturated rings. The lowest BCUT2D eigenvalue weighted by molar-refractivity contribution is -0.138. The number of likely N-dealkylation sites (tertiary alicyclic amines) is 1. The van der Waals surface area contributed by atoms with Gasteiger partial charge >= 0.3 is 0 Å². The Balaban J connectivity index is 1.52. The molecule has 166 valence electrons. The highest BCUT2D eigenvalue weighted by Crippen LogP contribution is 2.41. The van der Waals surface area contributed by atoms with Crippen molar-refractivity contribution in [2.24, 2.45) is 0 Å². The van der Waals surface area contributed by atoms with Crippen LogP contribution in [-0.2, 0) is 10.2 Å². The highest BCUT2D eigenvalue weighted by Gasteiger charge is 2.41. The van der Waals surface area contributed by atoms with Crippen LogP contribution in [0, 0.1) is 11.6 Å². The van der Waals surface area contributed by atoms with Gasteiger partial charge in [-0.05, 0) is 48.6 Å². The van der Waals surface area contributed by atoms with Crippen molar-refractivity contribution >= 4 is 5.91 Å². The van der Waals surface area contributed by atoms with Crippen LogP contribution in [0.15, 0.2) is 72.8 Å². The average molecular weight is 436 g/mol. The van der Waals surface area contributed by atoms with Crippen molar-refractivity contribution in [1.82, 2.24) is 4.90 Å². The quantitative estimate of drug-likeness (QED) is 0.545. The zero-order valence-electron chi connectivity index (χ0n) is 18.1. The molecule has 1 N–H and O–H groups in total. The molecule has 0 bridgehead atoms. The van der Waals surface area contributed by atoms with Crippen molar-refractivity contribution in [1.29, 1.82) is 0 Å². The van der Waals surface area contributed by atoms with Crippen LogP contribution in [0.1, 0.15) is 43.4 Å². The number of amides is 1. The summed E-state index contributed by atoms with van der Waals surface area (Å²) in [6.45, 7) is 2.63. The standard InChI is InChI=1S/C27H27F2NO2/c1-19(20-7-9-21(10-8-20)24-12-11-23(28)17-25(24)29)30-15-13-27(14-16-31,18-26(30)32)22-5-3-2-4-6-22/h2-12,17,19,31H,13-16,18H2,1H3/t19-,27+/m0/s1. The summed E-state index contributed by atoms with van der Waals surface area (Å²) in [6.07, 6.45) is 1.70. The predicted octanol–water partition coefficient (Wildman–Crippen LogP) is 5.64. The maximum Gasteiger partial charge on any atom is 0.223 e. The summed E-state index contributed by atoms with van der Waals surface area (Å²) in [6, 6.07) is 20.8. The number of aliphatic hydroxyl groups excluding tert-OH is 1. The Bertz CT molecular complexity index is 1080. The maximum absolute atomic E-state index is 14.1. The summed E-state index contributed by atoms with van der Waals surface area (Å²) < 4.78 is 27.3. The van der Waals surface area contributed by atoms with E-state index in [2.05, 4.69) is 0 Å². The third-order valence-electron chi connectivity index (χ3n) is 6.72. The van der Waals surface area contributed by atoms with Crippen molar-refractivity contribution in [3.63, 3.8) is 0 Å². The van der Waals surface area contributed by atoms with Crippen LogP contribution in [0.5, 0.6) is 0 Å². The van der Waals surface area contributed by atoms with E-state index in [1.54, 1.807) is 12.1 Å². The van der Waals surface area contributed by atoms with Crippen molar-refractivity contribution in [3.8, 4) is 11.1 Å². The molecular formula is C27H27F2NO2. The minimum absolute atomic E-state index is 0.0408. The number of piperidine rings is 1. The molecule has 5 heteroatoms. The van der Waals surface area contributed by atoms with Crippen molar-refractivity contribution in [2.45, 2.75) is 37.6 Å². The Morgan fingerprint density at radius 3 is 2.38 bits per heavy atom. The van der Waals surface area contributed by atoms with Gasteiger partial charge in [0.05, 0.1) is 6.04 Å². The van der Waals surface area contributed by atoms with Gasteiger partial charge < -0.3 is 10.0 Å². The second-order valence-electron chi connectivity index (χ2n) is 8.56. The Labute approximate surface area is 187 Å². The van der Waals surface area contributed by atoms with Gasteiger partial charge in [0.1, 0.15) is 11.6 Å². The fraction of sp³-hybridized carbons (Fsp3) is 0.296. The first-order valence-corrected chi connectivity index (χ1v) is 10.9. The van der Waals surface area contributed by atoms with Gasteiger partial charge in [-0.2, -0.15) is 0 Å². The lowest BCUT2D eigenvalue weighted by Crippen LogP contribution is -2.47. The van der Waals surface area contributed by atoms with E-state index in [1.807, 2.05) is 54.3 Å². The van der Waals surface area contributed by atoms with E-state index in [1.165, 1.54) is 12.1 Å². The normalized spacial score (nSPS) is 19.8. The zero-order valence-corrected chi connectivity index (χ0v) is 18.1. The van der Waals surface area contributed by atoms with Crippen LogP contribution in [-0.4, -0.2) is 29.1 Å². The second-order valence-corrected chi connectivity index (χ2v) is 8.56. The highest BCUT2D eigenvalue weighted by molar-refractivity contribution is 5.79. The van der Waals surface area contributed by atoms with Crippen molar-refractivity contribution < 1.29 is 18.7 Å². The summed E-state index contributed by atoms with van der Waals surface area (Å²) in [5.74, 6) is -1.14. The molecule has 1 saturated heterocycles. The van der Waals surface area contributed by atoms with E-state index in [0.29, 0.717) is 30.5 Å². The summed E-state index contributed by atoms with van der Waals surface area (Å²) >= 11 is 0. The van der Waals surface area contributed by atoms with Gasteiger partial charge in [-0.15, -0.1) is 0 Å². The van der Waals surface area contributed by atoms with E-state index in [4.69, 9.17) is 0 Å². The zero-order chi connectivity index (χ0) is 22.7. The molecule has 1 aliphatic rings. The molecule has 1 heterocycles. The maximum atomic E-state index is 14.1.